The van der Waals surface area contributed by atoms with Crippen molar-refractivity contribution in [2.24, 2.45) is 0 Å². The van der Waals surface area contributed by atoms with E-state index in [4.69, 9.17) is 0 Å². The molecule has 0 aliphatic rings. The lowest BCUT2D eigenvalue weighted by Gasteiger charge is -2.06. The SMILES string of the molecule is CCCCCCCCCCCCCCCNC(=O)CCC(=O)n1ccnc1. The number of carbonyl (C=O) groups excluding carboxylic acids is 2. The minimum Gasteiger partial charge on any atom is -0.356 e. The van der Waals surface area contributed by atoms with Gasteiger partial charge in [0.1, 0.15) is 6.33 Å². The van der Waals surface area contributed by atoms with Crippen molar-refractivity contribution in [2.75, 3.05) is 6.54 Å². The van der Waals surface area contributed by atoms with Gasteiger partial charge in [0.25, 0.3) is 0 Å². The highest BCUT2D eigenvalue weighted by Gasteiger charge is 2.07. The number of unbranched alkanes of at least 4 members (excludes halogenated alkanes) is 12. The van der Waals surface area contributed by atoms with Crippen LogP contribution in [0, 0.1) is 0 Å². The van der Waals surface area contributed by atoms with Gasteiger partial charge in [0.15, 0.2) is 0 Å². The highest BCUT2D eigenvalue weighted by molar-refractivity contribution is 5.84. The van der Waals surface area contributed by atoms with Crippen LogP contribution in [-0.4, -0.2) is 27.9 Å². The number of imidazole rings is 1. The molecule has 0 unspecified atom stereocenters. The normalized spacial score (nSPS) is 10.9. The van der Waals surface area contributed by atoms with Crippen molar-refractivity contribution in [3.05, 3.63) is 18.7 Å². The molecule has 0 saturated heterocycles. The van der Waals surface area contributed by atoms with Crippen LogP contribution in [0.4, 0.5) is 0 Å². The van der Waals surface area contributed by atoms with Crippen LogP contribution < -0.4 is 5.32 Å². The van der Waals surface area contributed by atoms with Gasteiger partial charge in [-0.05, 0) is 6.42 Å². The molecule has 1 aromatic heterocycles. The molecule has 0 saturated carbocycles. The first-order valence-electron chi connectivity index (χ1n) is 11.0. The number of hydrogen-bond donors (Lipinski definition) is 1. The van der Waals surface area contributed by atoms with Crippen LogP contribution in [0.1, 0.15) is 108 Å². The van der Waals surface area contributed by atoms with E-state index in [1.165, 1.54) is 87.9 Å². The summed E-state index contributed by atoms with van der Waals surface area (Å²) in [5.41, 5.74) is 0. The molecule has 1 aromatic rings. The van der Waals surface area contributed by atoms with Gasteiger partial charge in [-0.1, -0.05) is 84.0 Å². The highest BCUT2D eigenvalue weighted by Crippen LogP contribution is 2.12. The molecule has 27 heavy (non-hydrogen) atoms. The van der Waals surface area contributed by atoms with Crippen LogP contribution in [0.2, 0.25) is 0 Å². The van der Waals surface area contributed by atoms with Crippen LogP contribution in [0.15, 0.2) is 18.7 Å². The topological polar surface area (TPSA) is 64.0 Å². The minimum atomic E-state index is -0.0939. The zero-order valence-corrected chi connectivity index (χ0v) is 17.3. The van der Waals surface area contributed by atoms with Gasteiger partial charge in [-0.15, -0.1) is 0 Å². The van der Waals surface area contributed by atoms with Crippen molar-refractivity contribution in [3.8, 4) is 0 Å². The van der Waals surface area contributed by atoms with E-state index in [1.807, 2.05) is 0 Å². The monoisotopic (exact) mass is 377 g/mol. The second-order valence-corrected chi connectivity index (χ2v) is 7.46. The summed E-state index contributed by atoms with van der Waals surface area (Å²) >= 11 is 0. The van der Waals surface area contributed by atoms with Crippen molar-refractivity contribution in [3.63, 3.8) is 0 Å². The van der Waals surface area contributed by atoms with Gasteiger partial charge in [-0.2, -0.15) is 0 Å². The molecule has 1 rings (SSSR count). The Morgan fingerprint density at radius 1 is 0.815 bits per heavy atom. The first-order chi connectivity index (χ1) is 13.2. The standard InChI is InChI=1S/C22H39N3O2/c1-2-3-4-5-6-7-8-9-10-11-12-13-14-17-24-21(26)15-16-22(27)25-19-18-23-20-25/h18-20H,2-17H2,1H3,(H,24,26). The third kappa shape index (κ3) is 13.2. The zero-order valence-electron chi connectivity index (χ0n) is 17.3. The fourth-order valence-electron chi connectivity index (χ4n) is 3.22. The van der Waals surface area contributed by atoms with Crippen LogP contribution in [0.5, 0.6) is 0 Å². The third-order valence-corrected chi connectivity index (χ3v) is 4.96. The Balaban J connectivity index is 1.80. The van der Waals surface area contributed by atoms with Gasteiger partial charge < -0.3 is 5.32 Å². The maximum absolute atomic E-state index is 11.8. The number of rotatable bonds is 17. The van der Waals surface area contributed by atoms with Gasteiger partial charge in [0, 0.05) is 31.8 Å². The van der Waals surface area contributed by atoms with Gasteiger partial charge >= 0.3 is 0 Å². The summed E-state index contributed by atoms with van der Waals surface area (Å²) in [6.07, 6.45) is 22.3. The summed E-state index contributed by atoms with van der Waals surface area (Å²) in [5, 5.41) is 2.91. The van der Waals surface area contributed by atoms with Gasteiger partial charge in [-0.3, -0.25) is 14.2 Å². The second kappa shape index (κ2) is 16.5. The Morgan fingerprint density at radius 3 is 1.89 bits per heavy atom. The lowest BCUT2D eigenvalue weighted by molar-refractivity contribution is -0.121. The summed E-state index contributed by atoms with van der Waals surface area (Å²) in [7, 11) is 0. The molecule has 0 aromatic carbocycles. The van der Waals surface area contributed by atoms with E-state index in [2.05, 4.69) is 17.2 Å². The smallest absolute Gasteiger partial charge is 0.232 e. The van der Waals surface area contributed by atoms with Crippen molar-refractivity contribution in [2.45, 2.75) is 103 Å². The number of aromatic nitrogens is 2. The highest BCUT2D eigenvalue weighted by atomic mass is 16.2. The quantitative estimate of drug-likeness (QED) is 0.364. The first kappa shape index (κ1) is 23.4. The predicted octanol–water partition coefficient (Wildman–Crippen LogP) is 5.51. The van der Waals surface area contributed by atoms with E-state index in [-0.39, 0.29) is 24.7 Å². The number of nitrogens with zero attached hydrogens (tertiary/aromatic N) is 2. The Bertz CT molecular complexity index is 486. The Labute approximate surface area is 165 Å². The van der Waals surface area contributed by atoms with E-state index in [0.29, 0.717) is 0 Å². The maximum atomic E-state index is 11.8. The average Bonchev–Trinajstić information content (AvgIpc) is 3.21. The molecule has 0 radical (unpaired) electrons. The van der Waals surface area contributed by atoms with Gasteiger partial charge in [0.05, 0.1) is 0 Å². The molecular weight excluding hydrogens is 338 g/mol. The fraction of sp³-hybridized carbons (Fsp3) is 0.773. The molecule has 5 heteroatoms. The Morgan fingerprint density at radius 2 is 1.37 bits per heavy atom. The van der Waals surface area contributed by atoms with Crippen LogP contribution in [-0.2, 0) is 4.79 Å². The summed E-state index contributed by atoms with van der Waals surface area (Å²) in [6.45, 7) is 2.98. The lowest BCUT2D eigenvalue weighted by Crippen LogP contribution is -2.25. The van der Waals surface area contributed by atoms with E-state index in [0.717, 1.165) is 13.0 Å². The third-order valence-electron chi connectivity index (χ3n) is 4.96. The molecule has 5 nitrogen and oxygen atoms in total. The van der Waals surface area contributed by atoms with Crippen LogP contribution in [0.25, 0.3) is 0 Å². The molecule has 0 aliphatic carbocycles. The molecule has 1 amide bonds. The fourth-order valence-corrected chi connectivity index (χ4v) is 3.22. The maximum Gasteiger partial charge on any atom is 0.232 e. The molecule has 0 bridgehead atoms. The molecule has 0 fully saturated rings. The second-order valence-electron chi connectivity index (χ2n) is 7.46. The summed E-state index contributed by atoms with van der Waals surface area (Å²) < 4.78 is 1.42. The van der Waals surface area contributed by atoms with E-state index in [1.54, 1.807) is 12.4 Å². The zero-order chi connectivity index (χ0) is 19.6. The van der Waals surface area contributed by atoms with Gasteiger partial charge in [-0.25, -0.2) is 4.98 Å². The number of amides is 1. The molecule has 0 aliphatic heterocycles. The summed E-state index contributed by atoms with van der Waals surface area (Å²) in [5.74, 6) is -0.133. The Kier molecular flexibility index (Phi) is 14.3. The van der Waals surface area contributed by atoms with Gasteiger partial charge in [0.2, 0.25) is 11.8 Å². The van der Waals surface area contributed by atoms with E-state index < -0.39 is 0 Å². The van der Waals surface area contributed by atoms with E-state index in [9.17, 15) is 9.59 Å². The molecule has 1 heterocycles. The van der Waals surface area contributed by atoms with Crippen molar-refractivity contribution >= 4 is 11.8 Å². The van der Waals surface area contributed by atoms with Crippen molar-refractivity contribution < 1.29 is 9.59 Å². The average molecular weight is 378 g/mol. The Hall–Kier alpha value is -1.65. The predicted molar refractivity (Wildman–Crippen MR) is 111 cm³/mol. The van der Waals surface area contributed by atoms with Crippen LogP contribution >= 0.6 is 0 Å². The first-order valence-corrected chi connectivity index (χ1v) is 11.0. The van der Waals surface area contributed by atoms with Crippen molar-refractivity contribution in [1.29, 1.82) is 0 Å². The molecule has 1 N–H and O–H groups in total. The largest absolute Gasteiger partial charge is 0.356 e. The lowest BCUT2D eigenvalue weighted by atomic mass is 10.0. The molecular formula is C22H39N3O2. The summed E-state index contributed by atoms with van der Waals surface area (Å²) in [6, 6.07) is 0. The van der Waals surface area contributed by atoms with Crippen LogP contribution in [0.3, 0.4) is 0 Å². The molecule has 0 spiro atoms. The summed E-state index contributed by atoms with van der Waals surface area (Å²) in [4.78, 5) is 27.3. The number of hydrogen-bond acceptors (Lipinski definition) is 3. The van der Waals surface area contributed by atoms with Crippen molar-refractivity contribution in [1.82, 2.24) is 14.9 Å². The number of nitrogens with one attached hydrogen (secondary N) is 1. The van der Waals surface area contributed by atoms with E-state index >= 15 is 0 Å². The molecule has 154 valence electrons. The number of carbonyl (C=O) groups is 2. The molecule has 0 atom stereocenters. The minimum absolute atomic E-state index is 0.0394.